The Hall–Kier alpha value is -2.62. The lowest BCUT2D eigenvalue weighted by molar-refractivity contribution is 0.293. The van der Waals surface area contributed by atoms with Gasteiger partial charge in [0.2, 0.25) is 0 Å². The third kappa shape index (κ3) is 2.84. The third-order valence-corrected chi connectivity index (χ3v) is 4.11. The van der Waals surface area contributed by atoms with E-state index < -0.39 is 0 Å². The van der Waals surface area contributed by atoms with Gasteiger partial charge in [-0.1, -0.05) is 43.3 Å². The molecule has 0 saturated heterocycles. The number of hydrogen-bond acceptors (Lipinski definition) is 3. The average Bonchev–Trinajstić information content (AvgIpc) is 2.86. The monoisotopic (exact) mass is 307 g/mol. The molecule has 0 radical (unpaired) electrons. The summed E-state index contributed by atoms with van der Waals surface area (Å²) in [6.07, 6.45) is 4.68. The van der Waals surface area contributed by atoms with Crippen LogP contribution in [0.1, 0.15) is 23.7 Å². The molecule has 0 N–H and O–H groups in total. The summed E-state index contributed by atoms with van der Waals surface area (Å²) in [7, 11) is 0. The second-order valence-electron chi connectivity index (χ2n) is 5.50. The van der Waals surface area contributed by atoms with Crippen molar-refractivity contribution < 1.29 is 4.74 Å². The van der Waals surface area contributed by atoms with Crippen molar-refractivity contribution in [3.8, 4) is 5.88 Å². The first kappa shape index (κ1) is 15.3. The van der Waals surface area contributed by atoms with E-state index in [2.05, 4.69) is 35.2 Å². The first-order valence-electron chi connectivity index (χ1n) is 7.87. The molecule has 0 fully saturated rings. The summed E-state index contributed by atoms with van der Waals surface area (Å²) in [5.41, 5.74) is 4.63. The Morgan fingerprint density at radius 3 is 2.74 bits per heavy atom. The molecular weight excluding hydrogens is 286 g/mol. The highest BCUT2D eigenvalue weighted by Crippen LogP contribution is 2.31. The highest BCUT2D eigenvalue weighted by Gasteiger charge is 2.17. The van der Waals surface area contributed by atoms with Crippen LogP contribution in [0.3, 0.4) is 0 Å². The van der Waals surface area contributed by atoms with Crippen LogP contribution in [0.15, 0.2) is 49.2 Å². The molecule has 0 atom stereocenters. The van der Waals surface area contributed by atoms with Crippen LogP contribution in [-0.4, -0.2) is 14.8 Å². The Bertz CT molecular complexity index is 821. The number of hydrogen-bond donors (Lipinski definition) is 0. The van der Waals surface area contributed by atoms with Gasteiger partial charge in [-0.05, 0) is 24.5 Å². The van der Waals surface area contributed by atoms with Gasteiger partial charge in [-0.25, -0.2) is 0 Å². The van der Waals surface area contributed by atoms with Crippen LogP contribution in [0.2, 0.25) is 0 Å². The second kappa shape index (κ2) is 6.65. The zero-order valence-electron chi connectivity index (χ0n) is 13.6. The van der Waals surface area contributed by atoms with Crippen LogP contribution < -0.4 is 4.74 Å². The minimum absolute atomic E-state index is 0.481. The van der Waals surface area contributed by atoms with E-state index in [-0.39, 0.29) is 0 Å². The second-order valence-corrected chi connectivity index (χ2v) is 5.50. The molecule has 118 valence electrons. The molecule has 3 rings (SSSR count). The standard InChI is InChI=1S/C19H21N3O/c1-4-11-22-14(3)16(5-2)17-12-20-21-19(18(17)22)23-13-15-9-7-6-8-10-15/h4,6-10,12H,1,5,11,13H2,2-3H3. The SMILES string of the molecule is C=CCn1c(C)c(CC)c2cnnc(OCc3ccccc3)c21. The molecule has 0 spiro atoms. The predicted molar refractivity (Wildman–Crippen MR) is 92.6 cm³/mol. The van der Waals surface area contributed by atoms with Crippen molar-refractivity contribution in [2.24, 2.45) is 0 Å². The first-order valence-corrected chi connectivity index (χ1v) is 7.87. The summed E-state index contributed by atoms with van der Waals surface area (Å²) in [5, 5.41) is 9.48. The summed E-state index contributed by atoms with van der Waals surface area (Å²) in [5.74, 6) is 0.580. The minimum atomic E-state index is 0.481. The van der Waals surface area contributed by atoms with E-state index >= 15 is 0 Å². The molecule has 4 heteroatoms. The summed E-state index contributed by atoms with van der Waals surface area (Å²) in [4.78, 5) is 0. The van der Waals surface area contributed by atoms with Gasteiger partial charge in [-0.2, -0.15) is 5.10 Å². The lowest BCUT2D eigenvalue weighted by Gasteiger charge is -2.09. The highest BCUT2D eigenvalue weighted by atomic mass is 16.5. The van der Waals surface area contributed by atoms with Gasteiger partial charge in [-0.3, -0.25) is 0 Å². The van der Waals surface area contributed by atoms with Crippen molar-refractivity contribution in [3.05, 3.63) is 66.0 Å². The number of benzene rings is 1. The summed E-state index contributed by atoms with van der Waals surface area (Å²) >= 11 is 0. The van der Waals surface area contributed by atoms with Crippen molar-refractivity contribution in [1.82, 2.24) is 14.8 Å². The smallest absolute Gasteiger partial charge is 0.258 e. The van der Waals surface area contributed by atoms with Gasteiger partial charge in [0, 0.05) is 17.6 Å². The van der Waals surface area contributed by atoms with Gasteiger partial charge < -0.3 is 9.30 Å². The molecule has 0 bridgehead atoms. The van der Waals surface area contributed by atoms with Crippen LogP contribution >= 0.6 is 0 Å². The number of aryl methyl sites for hydroxylation is 1. The Balaban J connectivity index is 2.04. The molecule has 2 heterocycles. The molecular formula is C19H21N3O. The van der Waals surface area contributed by atoms with Crippen LogP contribution in [0.4, 0.5) is 0 Å². The van der Waals surface area contributed by atoms with Crippen molar-refractivity contribution in [3.63, 3.8) is 0 Å². The van der Waals surface area contributed by atoms with Crippen molar-refractivity contribution in [2.45, 2.75) is 33.4 Å². The van der Waals surface area contributed by atoms with Crippen LogP contribution in [-0.2, 0) is 19.6 Å². The molecule has 0 aliphatic carbocycles. The van der Waals surface area contributed by atoms with Gasteiger partial charge >= 0.3 is 0 Å². The van der Waals surface area contributed by atoms with Gasteiger partial charge in [-0.15, -0.1) is 11.7 Å². The van der Waals surface area contributed by atoms with E-state index in [1.165, 1.54) is 11.3 Å². The number of rotatable bonds is 6. The largest absolute Gasteiger partial charge is 0.470 e. The maximum absolute atomic E-state index is 5.98. The summed E-state index contributed by atoms with van der Waals surface area (Å²) < 4.78 is 8.18. The third-order valence-electron chi connectivity index (χ3n) is 4.11. The lowest BCUT2D eigenvalue weighted by Crippen LogP contribution is -2.03. The van der Waals surface area contributed by atoms with Crippen molar-refractivity contribution in [2.75, 3.05) is 0 Å². The molecule has 23 heavy (non-hydrogen) atoms. The molecule has 0 unspecified atom stereocenters. The minimum Gasteiger partial charge on any atom is -0.470 e. The quantitative estimate of drug-likeness (QED) is 0.645. The number of ether oxygens (including phenoxy) is 1. The average molecular weight is 307 g/mol. The Morgan fingerprint density at radius 2 is 2.04 bits per heavy atom. The van der Waals surface area contributed by atoms with E-state index in [9.17, 15) is 0 Å². The van der Waals surface area contributed by atoms with E-state index in [0.717, 1.165) is 29.4 Å². The topological polar surface area (TPSA) is 39.9 Å². The zero-order chi connectivity index (χ0) is 16.2. The summed E-state index contributed by atoms with van der Waals surface area (Å²) in [6, 6.07) is 10.1. The predicted octanol–water partition coefficient (Wildman–Crippen LogP) is 4.07. The fourth-order valence-corrected chi connectivity index (χ4v) is 3.00. The molecule has 0 saturated carbocycles. The fraction of sp³-hybridized carbons (Fsp3) is 0.263. The Morgan fingerprint density at radius 1 is 1.26 bits per heavy atom. The van der Waals surface area contributed by atoms with Gasteiger partial charge in [0.1, 0.15) is 12.1 Å². The molecule has 0 aliphatic heterocycles. The molecule has 3 aromatic rings. The van der Waals surface area contributed by atoms with E-state index in [1.807, 2.05) is 42.6 Å². The van der Waals surface area contributed by atoms with Crippen molar-refractivity contribution in [1.29, 1.82) is 0 Å². The number of allylic oxidation sites excluding steroid dienone is 1. The first-order chi connectivity index (χ1) is 11.3. The van der Waals surface area contributed by atoms with Gasteiger partial charge in [0.25, 0.3) is 5.88 Å². The molecule has 2 aromatic heterocycles. The fourth-order valence-electron chi connectivity index (χ4n) is 3.00. The summed E-state index contributed by atoms with van der Waals surface area (Å²) in [6.45, 7) is 9.36. The molecule has 0 aliphatic rings. The van der Waals surface area contributed by atoms with Crippen molar-refractivity contribution >= 4 is 10.9 Å². The Labute approximate surface area is 136 Å². The number of nitrogens with zero attached hydrogens (tertiary/aromatic N) is 3. The van der Waals surface area contributed by atoms with E-state index in [4.69, 9.17) is 4.74 Å². The van der Waals surface area contributed by atoms with Crippen LogP contribution in [0, 0.1) is 6.92 Å². The van der Waals surface area contributed by atoms with Gasteiger partial charge in [0.15, 0.2) is 0 Å². The lowest BCUT2D eigenvalue weighted by atomic mass is 10.1. The maximum atomic E-state index is 5.98. The highest BCUT2D eigenvalue weighted by molar-refractivity contribution is 5.88. The number of fused-ring (bicyclic) bond motifs is 1. The molecule has 4 nitrogen and oxygen atoms in total. The molecule has 0 amide bonds. The van der Waals surface area contributed by atoms with Crippen LogP contribution in [0.25, 0.3) is 10.9 Å². The molecule has 1 aromatic carbocycles. The zero-order valence-corrected chi connectivity index (χ0v) is 13.6. The van der Waals surface area contributed by atoms with E-state index in [1.54, 1.807) is 0 Å². The normalized spacial score (nSPS) is 10.9. The van der Waals surface area contributed by atoms with Crippen LogP contribution in [0.5, 0.6) is 5.88 Å². The number of aromatic nitrogens is 3. The maximum Gasteiger partial charge on any atom is 0.258 e. The Kier molecular flexibility index (Phi) is 4.42. The van der Waals surface area contributed by atoms with E-state index in [0.29, 0.717) is 12.5 Å². The van der Waals surface area contributed by atoms with Gasteiger partial charge in [0.05, 0.1) is 6.20 Å².